The Kier molecular flexibility index (Phi) is 4.48. The van der Waals surface area contributed by atoms with E-state index < -0.39 is 0 Å². The molecule has 0 aromatic carbocycles. The first-order valence-corrected chi connectivity index (χ1v) is 9.88. The molecule has 2 fully saturated rings. The molecule has 3 atom stereocenters. The second-order valence-corrected chi connectivity index (χ2v) is 8.23. The fraction of sp³-hybridized carbons (Fsp3) is 0.789. The summed E-state index contributed by atoms with van der Waals surface area (Å²) in [5, 5.41) is 7.69. The van der Waals surface area contributed by atoms with Gasteiger partial charge in [-0.05, 0) is 52.4 Å². The molecule has 1 aromatic rings. The number of carbonyl (C=O) groups is 1. The van der Waals surface area contributed by atoms with E-state index in [1.54, 1.807) is 0 Å². The number of aromatic nitrogens is 2. The van der Waals surface area contributed by atoms with Gasteiger partial charge in [-0.2, -0.15) is 5.10 Å². The van der Waals surface area contributed by atoms with E-state index in [-0.39, 0.29) is 12.1 Å². The van der Waals surface area contributed by atoms with Gasteiger partial charge in [-0.15, -0.1) is 0 Å². The largest absolute Gasteiger partial charge is 0.331 e. The molecule has 1 N–H and O–H groups in total. The van der Waals surface area contributed by atoms with Gasteiger partial charge in [0.15, 0.2) is 0 Å². The van der Waals surface area contributed by atoms with Crippen LogP contribution in [0.3, 0.4) is 0 Å². The zero-order valence-electron chi connectivity index (χ0n) is 15.7. The molecular formula is C19H31N5O. The monoisotopic (exact) mass is 345 g/mol. The number of likely N-dealkylation sites (tertiary alicyclic amines) is 1. The van der Waals surface area contributed by atoms with Crippen LogP contribution in [0, 0.1) is 0 Å². The van der Waals surface area contributed by atoms with Crippen molar-refractivity contribution in [1.29, 1.82) is 0 Å². The number of urea groups is 1. The first-order chi connectivity index (χ1) is 12.0. The first-order valence-electron chi connectivity index (χ1n) is 9.88. The van der Waals surface area contributed by atoms with Gasteiger partial charge in [0.1, 0.15) is 0 Å². The fourth-order valence-electron chi connectivity index (χ4n) is 5.23. The Labute approximate surface area is 150 Å². The fourth-order valence-corrected chi connectivity index (χ4v) is 5.23. The Morgan fingerprint density at radius 3 is 2.84 bits per heavy atom. The lowest BCUT2D eigenvalue weighted by molar-refractivity contribution is 0.146. The minimum absolute atomic E-state index is 0.109. The van der Waals surface area contributed by atoms with Crippen LogP contribution in [0.5, 0.6) is 0 Å². The van der Waals surface area contributed by atoms with Crippen molar-refractivity contribution in [3.8, 4) is 0 Å². The van der Waals surface area contributed by atoms with E-state index in [4.69, 9.17) is 0 Å². The van der Waals surface area contributed by atoms with Crippen LogP contribution < -0.4 is 5.32 Å². The zero-order chi connectivity index (χ0) is 17.6. The molecule has 2 aliphatic heterocycles. The average Bonchev–Trinajstić information content (AvgIpc) is 3.08. The Morgan fingerprint density at radius 2 is 2.04 bits per heavy atom. The summed E-state index contributed by atoms with van der Waals surface area (Å²) in [6.07, 6.45) is 8.75. The first kappa shape index (κ1) is 16.9. The highest BCUT2D eigenvalue weighted by molar-refractivity contribution is 5.75. The van der Waals surface area contributed by atoms with Crippen molar-refractivity contribution >= 4 is 6.03 Å². The third-order valence-electron chi connectivity index (χ3n) is 6.40. The summed E-state index contributed by atoms with van der Waals surface area (Å²) in [6.45, 7) is 6.32. The molecule has 3 unspecified atom stereocenters. The SMILES string of the molecule is CC(C)N1C2CCC1CN(C(=O)NC1CCCc3c1cnn3C)CC2. The van der Waals surface area contributed by atoms with Crippen LogP contribution in [0.4, 0.5) is 4.79 Å². The van der Waals surface area contributed by atoms with Crippen molar-refractivity contribution in [3.63, 3.8) is 0 Å². The molecule has 1 aliphatic carbocycles. The lowest BCUT2D eigenvalue weighted by Gasteiger charge is -2.32. The molecule has 25 heavy (non-hydrogen) atoms. The zero-order valence-corrected chi connectivity index (χ0v) is 15.7. The molecule has 4 rings (SSSR count). The van der Waals surface area contributed by atoms with Crippen LogP contribution in [-0.2, 0) is 13.5 Å². The summed E-state index contributed by atoms with van der Waals surface area (Å²) in [7, 11) is 2.00. The van der Waals surface area contributed by atoms with Crippen LogP contribution in [0.1, 0.15) is 63.3 Å². The van der Waals surface area contributed by atoms with Gasteiger partial charge in [0.05, 0.1) is 12.2 Å². The Balaban J connectivity index is 1.44. The summed E-state index contributed by atoms with van der Waals surface area (Å²) >= 11 is 0. The molecule has 0 radical (unpaired) electrons. The van der Waals surface area contributed by atoms with E-state index in [9.17, 15) is 4.79 Å². The van der Waals surface area contributed by atoms with E-state index in [0.717, 1.165) is 38.8 Å². The summed E-state index contributed by atoms with van der Waals surface area (Å²) in [5.74, 6) is 0. The quantitative estimate of drug-likeness (QED) is 0.896. The molecule has 6 nitrogen and oxygen atoms in total. The van der Waals surface area contributed by atoms with Crippen molar-refractivity contribution in [2.24, 2.45) is 7.05 Å². The number of aryl methyl sites for hydroxylation is 1. The standard InChI is InChI=1S/C19H31N5O/c1-13(2)24-14-7-8-15(24)12-23(10-9-14)19(25)21-17-5-4-6-18-16(17)11-20-22(18)3/h11,13-15,17H,4-10,12H2,1-3H3,(H,21,25). The van der Waals surface area contributed by atoms with Gasteiger partial charge in [-0.25, -0.2) is 4.79 Å². The molecule has 3 aliphatic rings. The van der Waals surface area contributed by atoms with Gasteiger partial charge in [0.25, 0.3) is 0 Å². The molecule has 3 heterocycles. The van der Waals surface area contributed by atoms with Gasteiger partial charge in [0, 0.05) is 49.5 Å². The Bertz CT molecular complexity index is 640. The number of amides is 2. The highest BCUT2D eigenvalue weighted by Crippen LogP contribution is 2.33. The van der Waals surface area contributed by atoms with Gasteiger partial charge in [-0.3, -0.25) is 9.58 Å². The van der Waals surface area contributed by atoms with Crippen molar-refractivity contribution in [3.05, 3.63) is 17.5 Å². The summed E-state index contributed by atoms with van der Waals surface area (Å²) < 4.78 is 1.96. The third kappa shape index (κ3) is 3.05. The number of nitrogens with zero attached hydrogens (tertiary/aromatic N) is 4. The molecule has 138 valence electrons. The van der Waals surface area contributed by atoms with Crippen LogP contribution in [0.2, 0.25) is 0 Å². The number of carbonyl (C=O) groups excluding carboxylic acids is 1. The lowest BCUT2D eigenvalue weighted by Crippen LogP contribution is -2.47. The van der Waals surface area contributed by atoms with Crippen LogP contribution in [0.15, 0.2) is 6.20 Å². The minimum Gasteiger partial charge on any atom is -0.331 e. The average molecular weight is 345 g/mol. The Hall–Kier alpha value is -1.56. The maximum absolute atomic E-state index is 13.0. The maximum Gasteiger partial charge on any atom is 0.317 e. The number of fused-ring (bicyclic) bond motifs is 3. The molecule has 6 heteroatoms. The highest BCUT2D eigenvalue weighted by Gasteiger charge is 2.39. The maximum atomic E-state index is 13.0. The predicted octanol–water partition coefficient (Wildman–Crippen LogP) is 2.45. The second-order valence-electron chi connectivity index (χ2n) is 8.23. The predicted molar refractivity (Wildman–Crippen MR) is 97.4 cm³/mol. The topological polar surface area (TPSA) is 53.4 Å². The smallest absolute Gasteiger partial charge is 0.317 e. The molecule has 0 spiro atoms. The number of hydrogen-bond acceptors (Lipinski definition) is 3. The molecule has 2 saturated heterocycles. The molecule has 2 bridgehead atoms. The van der Waals surface area contributed by atoms with E-state index in [0.29, 0.717) is 18.1 Å². The van der Waals surface area contributed by atoms with Gasteiger partial charge in [-0.1, -0.05) is 0 Å². The number of hydrogen-bond donors (Lipinski definition) is 1. The molecule has 0 saturated carbocycles. The second kappa shape index (κ2) is 6.63. The van der Waals surface area contributed by atoms with E-state index in [1.807, 2.05) is 17.9 Å². The third-order valence-corrected chi connectivity index (χ3v) is 6.40. The molecule has 2 amide bonds. The molecular weight excluding hydrogens is 314 g/mol. The van der Waals surface area contributed by atoms with Crippen LogP contribution >= 0.6 is 0 Å². The highest BCUT2D eigenvalue weighted by atomic mass is 16.2. The van der Waals surface area contributed by atoms with Gasteiger partial charge < -0.3 is 10.2 Å². The van der Waals surface area contributed by atoms with E-state index in [1.165, 1.54) is 24.1 Å². The minimum atomic E-state index is 0.109. The summed E-state index contributed by atoms with van der Waals surface area (Å²) in [5.41, 5.74) is 2.49. The number of nitrogens with one attached hydrogen (secondary N) is 1. The van der Waals surface area contributed by atoms with Crippen molar-refractivity contribution in [2.45, 2.75) is 76.5 Å². The van der Waals surface area contributed by atoms with Crippen molar-refractivity contribution in [1.82, 2.24) is 24.9 Å². The van der Waals surface area contributed by atoms with Gasteiger partial charge in [0.2, 0.25) is 0 Å². The lowest BCUT2D eigenvalue weighted by atomic mass is 9.93. The van der Waals surface area contributed by atoms with E-state index in [2.05, 4.69) is 34.1 Å². The Morgan fingerprint density at radius 1 is 1.24 bits per heavy atom. The van der Waals surface area contributed by atoms with Crippen molar-refractivity contribution in [2.75, 3.05) is 13.1 Å². The normalized spacial score (nSPS) is 29.6. The van der Waals surface area contributed by atoms with Crippen LogP contribution in [-0.4, -0.2) is 56.8 Å². The summed E-state index contributed by atoms with van der Waals surface area (Å²) in [4.78, 5) is 17.7. The van der Waals surface area contributed by atoms with E-state index >= 15 is 0 Å². The molecule has 1 aromatic heterocycles. The number of rotatable bonds is 2. The van der Waals surface area contributed by atoms with Gasteiger partial charge >= 0.3 is 6.03 Å². The summed E-state index contributed by atoms with van der Waals surface area (Å²) in [6, 6.07) is 1.97. The van der Waals surface area contributed by atoms with Crippen molar-refractivity contribution < 1.29 is 4.79 Å². The van der Waals surface area contributed by atoms with Crippen LogP contribution in [0.25, 0.3) is 0 Å².